The summed E-state index contributed by atoms with van der Waals surface area (Å²) in [6.07, 6.45) is 0. The predicted octanol–water partition coefficient (Wildman–Crippen LogP) is 2.53. The summed E-state index contributed by atoms with van der Waals surface area (Å²) in [5, 5.41) is 3.77. The highest BCUT2D eigenvalue weighted by Gasteiger charge is 2.27. The van der Waals surface area contributed by atoms with Gasteiger partial charge in [-0.25, -0.2) is 4.79 Å². The van der Waals surface area contributed by atoms with Gasteiger partial charge in [0.25, 0.3) is 5.91 Å². The zero-order valence-corrected chi connectivity index (χ0v) is 15.4. The molecule has 1 aromatic heterocycles. The Bertz CT molecular complexity index is 1020. The highest BCUT2D eigenvalue weighted by molar-refractivity contribution is 6.30. The largest absolute Gasteiger partial charge is 0.335 e. The average Bonchev–Trinajstić information content (AvgIpc) is 3.06. The van der Waals surface area contributed by atoms with E-state index in [0.29, 0.717) is 35.1 Å². The zero-order chi connectivity index (χ0) is 18.8. The first-order chi connectivity index (χ1) is 13.1. The van der Waals surface area contributed by atoms with Gasteiger partial charge in [0.05, 0.1) is 11.4 Å². The lowest BCUT2D eigenvalue weighted by atomic mass is 10.1. The van der Waals surface area contributed by atoms with Crippen molar-refractivity contribution in [3.05, 3.63) is 75.8 Å². The fourth-order valence-electron chi connectivity index (χ4n) is 3.35. The number of amides is 1. The van der Waals surface area contributed by atoms with Crippen LogP contribution < -0.4 is 11.0 Å². The van der Waals surface area contributed by atoms with Crippen LogP contribution in [0.5, 0.6) is 0 Å². The highest BCUT2D eigenvalue weighted by atomic mass is 35.5. The molecule has 2 N–H and O–H groups in total. The molecule has 1 amide bonds. The molecule has 1 saturated heterocycles. The minimum atomic E-state index is -0.352. The Labute approximate surface area is 161 Å². The fourth-order valence-corrected chi connectivity index (χ4v) is 3.54. The van der Waals surface area contributed by atoms with Crippen LogP contribution in [0.15, 0.2) is 59.4 Å². The predicted molar refractivity (Wildman–Crippen MR) is 106 cm³/mol. The number of imidazole rings is 1. The lowest BCUT2D eigenvalue weighted by Crippen LogP contribution is -2.46. The van der Waals surface area contributed by atoms with Crippen molar-refractivity contribution in [3.8, 4) is 16.9 Å². The highest BCUT2D eigenvalue weighted by Crippen LogP contribution is 2.28. The second-order valence-electron chi connectivity index (χ2n) is 6.38. The summed E-state index contributed by atoms with van der Waals surface area (Å²) in [5.74, 6) is -0.182. The summed E-state index contributed by atoms with van der Waals surface area (Å²) in [7, 11) is 0. The van der Waals surface area contributed by atoms with Crippen molar-refractivity contribution >= 4 is 17.5 Å². The van der Waals surface area contributed by atoms with Crippen molar-refractivity contribution in [1.29, 1.82) is 0 Å². The number of benzene rings is 2. The molecular weight excluding hydrogens is 364 g/mol. The summed E-state index contributed by atoms with van der Waals surface area (Å²) in [4.78, 5) is 30.5. The molecule has 27 heavy (non-hydrogen) atoms. The number of H-pyrrole nitrogens is 1. The second-order valence-corrected chi connectivity index (χ2v) is 6.81. The second kappa shape index (κ2) is 7.42. The number of aromatic nitrogens is 2. The molecule has 6 nitrogen and oxygen atoms in total. The molecule has 138 valence electrons. The van der Waals surface area contributed by atoms with Gasteiger partial charge in [-0.05, 0) is 24.3 Å². The topological polar surface area (TPSA) is 70.1 Å². The maximum Gasteiger partial charge on any atom is 0.331 e. The number of piperazine rings is 1. The number of para-hydroxylation sites is 1. The van der Waals surface area contributed by atoms with Crippen molar-refractivity contribution in [3.63, 3.8) is 0 Å². The molecule has 3 aromatic rings. The normalized spacial score (nSPS) is 14.3. The molecule has 0 atom stereocenters. The minimum absolute atomic E-state index is 0.182. The number of nitrogens with one attached hydrogen (secondary N) is 2. The smallest absolute Gasteiger partial charge is 0.331 e. The van der Waals surface area contributed by atoms with Gasteiger partial charge in [0.2, 0.25) is 0 Å². The number of nitrogens with zero attached hydrogens (tertiary/aromatic N) is 2. The lowest BCUT2D eigenvalue weighted by molar-refractivity contribution is 0.0731. The molecule has 0 unspecified atom stereocenters. The van der Waals surface area contributed by atoms with Gasteiger partial charge in [-0.1, -0.05) is 41.9 Å². The third kappa shape index (κ3) is 3.41. The van der Waals surface area contributed by atoms with Crippen LogP contribution >= 0.6 is 11.6 Å². The van der Waals surface area contributed by atoms with E-state index in [9.17, 15) is 9.59 Å². The van der Waals surface area contributed by atoms with Crippen LogP contribution in [-0.2, 0) is 0 Å². The molecule has 0 spiro atoms. The van der Waals surface area contributed by atoms with E-state index in [-0.39, 0.29) is 17.3 Å². The van der Waals surface area contributed by atoms with E-state index < -0.39 is 0 Å². The molecule has 1 aliphatic rings. The molecule has 0 bridgehead atoms. The standard InChI is InChI=1S/C20H19ClN4O2/c21-15-6-4-5-14(13-15)18-17(19(26)24-11-9-22-10-12-24)23-20(27)25(18)16-7-2-1-3-8-16/h1-8,13,22H,9-12H2,(H,23,27). The van der Waals surface area contributed by atoms with E-state index in [1.165, 1.54) is 4.57 Å². The van der Waals surface area contributed by atoms with Crippen molar-refractivity contribution in [2.24, 2.45) is 0 Å². The molecule has 2 aromatic carbocycles. The van der Waals surface area contributed by atoms with Gasteiger partial charge >= 0.3 is 5.69 Å². The number of aromatic amines is 1. The van der Waals surface area contributed by atoms with Crippen molar-refractivity contribution in [2.75, 3.05) is 26.2 Å². The maximum atomic E-state index is 13.2. The zero-order valence-electron chi connectivity index (χ0n) is 14.6. The number of carbonyl (C=O) groups is 1. The summed E-state index contributed by atoms with van der Waals surface area (Å²) in [6.45, 7) is 2.68. The molecule has 0 radical (unpaired) electrons. The van der Waals surface area contributed by atoms with E-state index in [4.69, 9.17) is 11.6 Å². The monoisotopic (exact) mass is 382 g/mol. The first-order valence-corrected chi connectivity index (χ1v) is 9.19. The Hall–Kier alpha value is -2.83. The fraction of sp³-hybridized carbons (Fsp3) is 0.200. The first kappa shape index (κ1) is 17.6. The van der Waals surface area contributed by atoms with Gasteiger partial charge in [0.15, 0.2) is 0 Å². The molecule has 2 heterocycles. The van der Waals surface area contributed by atoms with E-state index >= 15 is 0 Å². The van der Waals surface area contributed by atoms with Crippen LogP contribution in [0.2, 0.25) is 5.02 Å². The molecule has 7 heteroatoms. The number of hydrogen-bond donors (Lipinski definition) is 2. The first-order valence-electron chi connectivity index (χ1n) is 8.81. The summed E-state index contributed by atoms with van der Waals surface area (Å²) in [6, 6.07) is 16.4. The Morgan fingerprint density at radius 2 is 1.74 bits per heavy atom. The van der Waals surface area contributed by atoms with Crippen LogP contribution in [0, 0.1) is 0 Å². The lowest BCUT2D eigenvalue weighted by Gasteiger charge is -2.27. The van der Waals surface area contributed by atoms with Crippen LogP contribution in [0.25, 0.3) is 16.9 Å². The SMILES string of the molecule is O=C(c1[nH]c(=O)n(-c2ccccc2)c1-c1cccc(Cl)c1)N1CCNCC1. The molecule has 0 aliphatic carbocycles. The van der Waals surface area contributed by atoms with Gasteiger partial charge < -0.3 is 15.2 Å². The molecular formula is C20H19ClN4O2. The maximum absolute atomic E-state index is 13.2. The van der Waals surface area contributed by atoms with Crippen LogP contribution in [0.1, 0.15) is 10.5 Å². The summed E-state index contributed by atoms with van der Waals surface area (Å²) < 4.78 is 1.53. The van der Waals surface area contributed by atoms with E-state index in [1.54, 1.807) is 17.0 Å². The van der Waals surface area contributed by atoms with Gasteiger partial charge in [-0.2, -0.15) is 0 Å². The minimum Gasteiger partial charge on any atom is -0.335 e. The molecule has 0 saturated carbocycles. The van der Waals surface area contributed by atoms with Crippen LogP contribution in [0.3, 0.4) is 0 Å². The number of hydrogen-bond acceptors (Lipinski definition) is 3. The quantitative estimate of drug-likeness (QED) is 0.731. The summed E-state index contributed by atoms with van der Waals surface area (Å²) in [5.41, 5.74) is 1.86. The molecule has 1 aliphatic heterocycles. The Balaban J connectivity index is 1.91. The molecule has 1 fully saturated rings. The number of rotatable bonds is 3. The van der Waals surface area contributed by atoms with E-state index in [1.807, 2.05) is 42.5 Å². The van der Waals surface area contributed by atoms with Gasteiger partial charge in [-0.15, -0.1) is 0 Å². The Kier molecular flexibility index (Phi) is 4.83. The van der Waals surface area contributed by atoms with Crippen molar-refractivity contribution in [1.82, 2.24) is 19.8 Å². The van der Waals surface area contributed by atoms with Gasteiger partial charge in [-0.3, -0.25) is 9.36 Å². The van der Waals surface area contributed by atoms with Gasteiger partial charge in [0.1, 0.15) is 5.69 Å². The third-order valence-electron chi connectivity index (χ3n) is 4.63. The number of carbonyl (C=O) groups excluding carboxylic acids is 1. The van der Waals surface area contributed by atoms with Crippen LogP contribution in [-0.4, -0.2) is 46.5 Å². The van der Waals surface area contributed by atoms with Crippen molar-refractivity contribution < 1.29 is 4.79 Å². The average molecular weight is 383 g/mol. The number of halogens is 1. The molecule has 4 rings (SSSR count). The van der Waals surface area contributed by atoms with E-state index in [2.05, 4.69) is 10.3 Å². The Morgan fingerprint density at radius 3 is 2.44 bits per heavy atom. The summed E-state index contributed by atoms with van der Waals surface area (Å²) >= 11 is 6.18. The Morgan fingerprint density at radius 1 is 1.00 bits per heavy atom. The van der Waals surface area contributed by atoms with Gasteiger partial charge in [0, 0.05) is 36.8 Å². The third-order valence-corrected chi connectivity index (χ3v) is 4.86. The van der Waals surface area contributed by atoms with E-state index in [0.717, 1.165) is 13.1 Å². The van der Waals surface area contributed by atoms with Crippen molar-refractivity contribution in [2.45, 2.75) is 0 Å². The van der Waals surface area contributed by atoms with Crippen LogP contribution in [0.4, 0.5) is 0 Å².